The first-order valence-electron chi connectivity index (χ1n) is 7.36. The fraction of sp³-hybridized carbons (Fsp3) is 0.625. The molecule has 0 amide bonds. The van der Waals surface area contributed by atoms with E-state index in [0.717, 1.165) is 25.3 Å². The Bertz CT molecular complexity index is 433. The maximum absolute atomic E-state index is 9.92. The zero-order chi connectivity index (χ0) is 14.6. The van der Waals surface area contributed by atoms with Gasteiger partial charge in [-0.15, -0.1) is 0 Å². The number of piperidine rings is 1. The van der Waals surface area contributed by atoms with Crippen LogP contribution in [-0.2, 0) is 6.42 Å². The summed E-state index contributed by atoms with van der Waals surface area (Å²) in [5, 5.41) is 19.8. The molecule has 20 heavy (non-hydrogen) atoms. The normalized spacial score (nSPS) is 27.5. The highest BCUT2D eigenvalue weighted by Gasteiger charge is 2.35. The van der Waals surface area contributed by atoms with E-state index in [0.29, 0.717) is 19.6 Å². The Balaban J connectivity index is 1.79. The Morgan fingerprint density at radius 1 is 1.40 bits per heavy atom. The van der Waals surface area contributed by atoms with E-state index in [-0.39, 0.29) is 0 Å². The zero-order valence-corrected chi connectivity index (χ0v) is 12.4. The highest BCUT2D eigenvalue weighted by atomic mass is 16.5. The van der Waals surface area contributed by atoms with E-state index in [1.807, 2.05) is 18.2 Å². The molecule has 112 valence electrons. The third-order valence-electron chi connectivity index (χ3n) is 4.10. The molecule has 1 aromatic rings. The van der Waals surface area contributed by atoms with Crippen molar-refractivity contribution in [3.05, 3.63) is 29.8 Å². The van der Waals surface area contributed by atoms with Crippen molar-refractivity contribution in [2.75, 3.05) is 26.2 Å². The van der Waals surface area contributed by atoms with Crippen LogP contribution in [0, 0.1) is 0 Å². The van der Waals surface area contributed by atoms with E-state index in [2.05, 4.69) is 17.9 Å². The van der Waals surface area contributed by atoms with Gasteiger partial charge in [-0.1, -0.05) is 25.1 Å². The lowest BCUT2D eigenvalue weighted by molar-refractivity contribution is -0.108. The number of rotatable bonds is 5. The molecular formula is C16H25NO3. The first-order chi connectivity index (χ1) is 9.53. The summed E-state index contributed by atoms with van der Waals surface area (Å²) in [5.41, 5.74) is 0.265. The molecule has 1 heterocycles. The van der Waals surface area contributed by atoms with E-state index in [1.165, 1.54) is 5.56 Å². The third kappa shape index (κ3) is 3.72. The summed E-state index contributed by atoms with van der Waals surface area (Å²) in [5.74, 6) is 0.944. The fourth-order valence-electron chi connectivity index (χ4n) is 2.51. The van der Waals surface area contributed by atoms with Crippen LogP contribution in [0.1, 0.15) is 25.8 Å². The molecule has 2 rings (SSSR count). The second-order valence-corrected chi connectivity index (χ2v) is 5.73. The maximum Gasteiger partial charge on any atom is 0.122 e. The van der Waals surface area contributed by atoms with Gasteiger partial charge in [-0.25, -0.2) is 0 Å². The minimum Gasteiger partial charge on any atom is -0.492 e. The van der Waals surface area contributed by atoms with Gasteiger partial charge in [-0.3, -0.25) is 4.90 Å². The fourth-order valence-corrected chi connectivity index (χ4v) is 2.51. The van der Waals surface area contributed by atoms with Gasteiger partial charge in [0.25, 0.3) is 0 Å². The molecule has 0 spiro atoms. The minimum atomic E-state index is -0.952. The molecule has 0 bridgehead atoms. The van der Waals surface area contributed by atoms with Gasteiger partial charge in [0, 0.05) is 19.6 Å². The number of nitrogens with zero attached hydrogens (tertiary/aromatic N) is 1. The van der Waals surface area contributed by atoms with Crippen molar-refractivity contribution in [1.82, 2.24) is 4.90 Å². The summed E-state index contributed by atoms with van der Waals surface area (Å²) >= 11 is 0. The molecule has 1 aliphatic rings. The Morgan fingerprint density at radius 3 is 2.85 bits per heavy atom. The van der Waals surface area contributed by atoms with Crippen LogP contribution < -0.4 is 4.74 Å². The summed E-state index contributed by atoms with van der Waals surface area (Å²) in [4.78, 5) is 2.14. The molecule has 2 atom stereocenters. The van der Waals surface area contributed by atoms with E-state index >= 15 is 0 Å². The number of likely N-dealkylation sites (tertiary alicyclic amines) is 1. The Hall–Kier alpha value is -1.10. The average molecular weight is 279 g/mol. The molecular weight excluding hydrogens is 254 g/mol. The molecule has 0 saturated carbocycles. The van der Waals surface area contributed by atoms with Gasteiger partial charge < -0.3 is 14.9 Å². The van der Waals surface area contributed by atoms with Crippen LogP contribution in [-0.4, -0.2) is 53.1 Å². The number of β-amino-alcohol motifs (C(OH)–C–C–N with tert-alkyl or cyclic N) is 1. The molecule has 0 radical (unpaired) electrons. The molecule has 1 saturated heterocycles. The lowest BCUT2D eigenvalue weighted by Crippen LogP contribution is -2.54. The van der Waals surface area contributed by atoms with Gasteiger partial charge in [0.1, 0.15) is 12.4 Å². The topological polar surface area (TPSA) is 52.9 Å². The van der Waals surface area contributed by atoms with Gasteiger partial charge in [-0.05, 0) is 31.4 Å². The Kier molecular flexibility index (Phi) is 5.02. The van der Waals surface area contributed by atoms with Crippen LogP contribution in [0.5, 0.6) is 5.75 Å². The number of aliphatic hydroxyl groups excluding tert-OH is 1. The standard InChI is InChI=1S/C16H25NO3/c1-3-13-6-4-5-7-14(13)20-11-10-17-9-8-16(2,19)15(18)12-17/h4-7,15,18-19H,3,8-12H2,1-2H3/t15-,16-/m0/s1. The first-order valence-corrected chi connectivity index (χ1v) is 7.36. The number of benzene rings is 1. The zero-order valence-electron chi connectivity index (χ0n) is 12.4. The maximum atomic E-state index is 9.92. The smallest absolute Gasteiger partial charge is 0.122 e. The van der Waals surface area contributed by atoms with E-state index in [9.17, 15) is 10.2 Å². The number of aryl methyl sites for hydroxylation is 1. The largest absolute Gasteiger partial charge is 0.492 e. The third-order valence-corrected chi connectivity index (χ3v) is 4.10. The van der Waals surface area contributed by atoms with Crippen molar-refractivity contribution in [2.24, 2.45) is 0 Å². The number of hydrogen-bond donors (Lipinski definition) is 2. The van der Waals surface area contributed by atoms with E-state index in [1.54, 1.807) is 6.92 Å². The van der Waals surface area contributed by atoms with Gasteiger partial charge in [0.15, 0.2) is 0 Å². The Morgan fingerprint density at radius 2 is 2.15 bits per heavy atom. The van der Waals surface area contributed by atoms with Gasteiger partial charge in [0.05, 0.1) is 11.7 Å². The van der Waals surface area contributed by atoms with Crippen LogP contribution in [0.4, 0.5) is 0 Å². The lowest BCUT2D eigenvalue weighted by atomic mass is 9.91. The summed E-state index contributed by atoms with van der Waals surface area (Å²) in [6, 6.07) is 8.08. The minimum absolute atomic E-state index is 0.506. The van der Waals surface area contributed by atoms with Crippen LogP contribution in [0.15, 0.2) is 24.3 Å². The van der Waals surface area contributed by atoms with E-state index in [4.69, 9.17) is 4.74 Å². The molecule has 1 fully saturated rings. The van der Waals surface area contributed by atoms with Crippen LogP contribution in [0.3, 0.4) is 0 Å². The quantitative estimate of drug-likeness (QED) is 0.856. The van der Waals surface area contributed by atoms with E-state index < -0.39 is 11.7 Å². The second-order valence-electron chi connectivity index (χ2n) is 5.73. The van der Waals surface area contributed by atoms with Crippen molar-refractivity contribution in [3.8, 4) is 5.75 Å². The van der Waals surface area contributed by atoms with Crippen molar-refractivity contribution < 1.29 is 14.9 Å². The molecule has 0 aromatic heterocycles. The van der Waals surface area contributed by atoms with Crippen LogP contribution in [0.2, 0.25) is 0 Å². The van der Waals surface area contributed by atoms with Crippen LogP contribution >= 0.6 is 0 Å². The monoisotopic (exact) mass is 279 g/mol. The van der Waals surface area contributed by atoms with Crippen molar-refractivity contribution in [1.29, 1.82) is 0 Å². The van der Waals surface area contributed by atoms with Crippen molar-refractivity contribution >= 4 is 0 Å². The predicted octanol–water partition coefficient (Wildman–Crippen LogP) is 1.45. The lowest BCUT2D eigenvalue weighted by Gasteiger charge is -2.39. The highest BCUT2D eigenvalue weighted by molar-refractivity contribution is 5.33. The summed E-state index contributed by atoms with van der Waals surface area (Å²) in [7, 11) is 0. The number of para-hydroxylation sites is 1. The summed E-state index contributed by atoms with van der Waals surface area (Å²) in [6.07, 6.45) is 0.875. The summed E-state index contributed by atoms with van der Waals surface area (Å²) < 4.78 is 5.83. The molecule has 0 aliphatic carbocycles. The second kappa shape index (κ2) is 6.57. The molecule has 4 nitrogen and oxygen atoms in total. The highest BCUT2D eigenvalue weighted by Crippen LogP contribution is 2.22. The molecule has 4 heteroatoms. The van der Waals surface area contributed by atoms with Crippen molar-refractivity contribution in [2.45, 2.75) is 38.4 Å². The van der Waals surface area contributed by atoms with Crippen molar-refractivity contribution in [3.63, 3.8) is 0 Å². The number of aliphatic hydroxyl groups is 2. The molecule has 1 aromatic carbocycles. The predicted molar refractivity (Wildman–Crippen MR) is 79.0 cm³/mol. The first kappa shape index (κ1) is 15.3. The SMILES string of the molecule is CCc1ccccc1OCCN1CC[C@](C)(O)[C@@H](O)C1. The van der Waals surface area contributed by atoms with Gasteiger partial charge in [0.2, 0.25) is 0 Å². The molecule has 0 unspecified atom stereocenters. The number of ether oxygens (including phenoxy) is 1. The average Bonchev–Trinajstić information content (AvgIpc) is 2.43. The molecule has 1 aliphatic heterocycles. The molecule has 2 N–H and O–H groups in total. The summed E-state index contributed by atoms with van der Waals surface area (Å²) in [6.45, 7) is 6.49. The van der Waals surface area contributed by atoms with Crippen LogP contribution in [0.25, 0.3) is 0 Å². The van der Waals surface area contributed by atoms with Gasteiger partial charge in [-0.2, -0.15) is 0 Å². The van der Waals surface area contributed by atoms with Gasteiger partial charge >= 0.3 is 0 Å². The Labute approximate surface area is 121 Å². The number of hydrogen-bond acceptors (Lipinski definition) is 4.